The Labute approximate surface area is 137 Å². The Hall–Kier alpha value is -2.31. The Morgan fingerprint density at radius 2 is 2.13 bits per heavy atom. The third-order valence-electron chi connectivity index (χ3n) is 3.59. The number of carbonyl (C=O) groups is 1. The number of hydrogen-bond acceptors (Lipinski definition) is 5. The number of nitrogens with one attached hydrogen (secondary N) is 1. The molecule has 124 valence electrons. The molecular formula is C17H24N4O2. The standard InChI is InChI=1S/C17H24N4O2/c1-3-12-23-16-6-4-14(13-15(16)18)5-7-17(22)19-21-10-8-20(2)9-11-21/h3-7,13H,1,8-12,18H2,2H3,(H,19,22)/b7-5-. The summed E-state index contributed by atoms with van der Waals surface area (Å²) in [5, 5.41) is 1.94. The summed E-state index contributed by atoms with van der Waals surface area (Å²) in [5.74, 6) is 0.476. The lowest BCUT2D eigenvalue weighted by atomic mass is 10.1. The minimum absolute atomic E-state index is 0.139. The molecule has 1 amide bonds. The molecule has 0 aliphatic carbocycles. The lowest BCUT2D eigenvalue weighted by Crippen LogP contribution is -2.52. The molecular weight excluding hydrogens is 292 g/mol. The Balaban J connectivity index is 1.87. The van der Waals surface area contributed by atoms with E-state index in [1.165, 1.54) is 6.08 Å². The van der Waals surface area contributed by atoms with Gasteiger partial charge in [0.05, 0.1) is 5.69 Å². The number of piperazine rings is 1. The van der Waals surface area contributed by atoms with Gasteiger partial charge in [0, 0.05) is 32.3 Å². The summed E-state index contributed by atoms with van der Waals surface area (Å²) in [6, 6.07) is 5.42. The maximum absolute atomic E-state index is 11.9. The number of hydrazine groups is 1. The zero-order chi connectivity index (χ0) is 16.7. The van der Waals surface area contributed by atoms with Gasteiger partial charge in [-0.2, -0.15) is 0 Å². The highest BCUT2D eigenvalue weighted by Crippen LogP contribution is 2.23. The maximum atomic E-state index is 11.9. The van der Waals surface area contributed by atoms with Crippen LogP contribution in [-0.2, 0) is 4.79 Å². The van der Waals surface area contributed by atoms with Crippen LogP contribution >= 0.6 is 0 Å². The predicted molar refractivity (Wildman–Crippen MR) is 92.8 cm³/mol. The second kappa shape index (κ2) is 8.36. The minimum atomic E-state index is -0.139. The van der Waals surface area contributed by atoms with Crippen LogP contribution in [0.25, 0.3) is 6.08 Å². The monoisotopic (exact) mass is 316 g/mol. The van der Waals surface area contributed by atoms with Crippen molar-refractivity contribution in [3.8, 4) is 5.75 Å². The summed E-state index contributed by atoms with van der Waals surface area (Å²) >= 11 is 0. The van der Waals surface area contributed by atoms with Crippen LogP contribution < -0.4 is 15.9 Å². The van der Waals surface area contributed by atoms with Crippen molar-refractivity contribution in [1.82, 2.24) is 15.3 Å². The van der Waals surface area contributed by atoms with Gasteiger partial charge in [-0.05, 0) is 30.8 Å². The van der Waals surface area contributed by atoms with Gasteiger partial charge in [-0.3, -0.25) is 10.2 Å². The quantitative estimate of drug-likeness (QED) is 0.468. The van der Waals surface area contributed by atoms with Crippen LogP contribution in [0.5, 0.6) is 5.75 Å². The molecule has 6 nitrogen and oxygen atoms in total. The molecule has 0 saturated carbocycles. The number of anilines is 1. The first-order valence-electron chi connectivity index (χ1n) is 7.64. The summed E-state index contributed by atoms with van der Waals surface area (Å²) < 4.78 is 5.42. The van der Waals surface area contributed by atoms with E-state index in [1.807, 2.05) is 11.1 Å². The number of rotatable bonds is 6. The van der Waals surface area contributed by atoms with Crippen molar-refractivity contribution in [2.75, 3.05) is 45.6 Å². The Bertz CT molecular complexity index is 578. The van der Waals surface area contributed by atoms with Crippen molar-refractivity contribution in [1.29, 1.82) is 0 Å². The number of nitrogens with two attached hydrogens (primary N) is 1. The van der Waals surface area contributed by atoms with Gasteiger partial charge in [0.1, 0.15) is 12.4 Å². The molecule has 2 rings (SSSR count). The Kier molecular flexibility index (Phi) is 6.19. The van der Waals surface area contributed by atoms with Crippen LogP contribution in [-0.4, -0.2) is 55.6 Å². The van der Waals surface area contributed by atoms with Gasteiger partial charge in [0.15, 0.2) is 0 Å². The first kappa shape index (κ1) is 17.1. The van der Waals surface area contributed by atoms with Gasteiger partial charge < -0.3 is 15.4 Å². The number of ether oxygens (including phenoxy) is 1. The fourth-order valence-corrected chi connectivity index (χ4v) is 2.23. The van der Waals surface area contributed by atoms with Crippen molar-refractivity contribution in [2.24, 2.45) is 0 Å². The molecule has 1 heterocycles. The number of hydrogen-bond donors (Lipinski definition) is 2. The van der Waals surface area contributed by atoms with Crippen LogP contribution in [0.1, 0.15) is 5.56 Å². The molecule has 1 aliphatic rings. The van der Waals surface area contributed by atoms with Crippen molar-refractivity contribution in [3.05, 3.63) is 42.5 Å². The molecule has 6 heteroatoms. The second-order valence-electron chi connectivity index (χ2n) is 5.50. The molecule has 0 radical (unpaired) electrons. The highest BCUT2D eigenvalue weighted by atomic mass is 16.5. The smallest absolute Gasteiger partial charge is 0.258 e. The van der Waals surface area contributed by atoms with Crippen LogP contribution in [0.3, 0.4) is 0 Å². The topological polar surface area (TPSA) is 70.8 Å². The highest BCUT2D eigenvalue weighted by molar-refractivity contribution is 5.91. The molecule has 1 saturated heterocycles. The molecule has 0 aromatic heterocycles. The number of carbonyl (C=O) groups excluding carboxylic acids is 1. The fourth-order valence-electron chi connectivity index (χ4n) is 2.23. The highest BCUT2D eigenvalue weighted by Gasteiger charge is 2.14. The Morgan fingerprint density at radius 1 is 1.39 bits per heavy atom. The maximum Gasteiger partial charge on any atom is 0.258 e. The van der Waals surface area contributed by atoms with Crippen molar-refractivity contribution in [3.63, 3.8) is 0 Å². The van der Waals surface area contributed by atoms with E-state index in [1.54, 1.807) is 24.3 Å². The average molecular weight is 316 g/mol. The summed E-state index contributed by atoms with van der Waals surface area (Å²) in [7, 11) is 2.08. The number of amides is 1. The summed E-state index contributed by atoms with van der Waals surface area (Å²) in [6.45, 7) is 7.57. The molecule has 3 N–H and O–H groups in total. The minimum Gasteiger partial charge on any atom is -0.487 e. The third-order valence-corrected chi connectivity index (χ3v) is 3.59. The number of nitrogens with zero attached hydrogens (tertiary/aromatic N) is 2. The zero-order valence-electron chi connectivity index (χ0n) is 13.5. The molecule has 1 aromatic rings. The van der Waals surface area contributed by atoms with Crippen molar-refractivity contribution >= 4 is 17.7 Å². The molecule has 1 fully saturated rings. The van der Waals surface area contributed by atoms with Gasteiger partial charge in [-0.1, -0.05) is 18.7 Å². The van der Waals surface area contributed by atoms with Crippen LogP contribution in [0.4, 0.5) is 5.69 Å². The molecule has 0 unspecified atom stereocenters. The van der Waals surface area contributed by atoms with Gasteiger partial charge in [0.2, 0.25) is 0 Å². The van der Waals surface area contributed by atoms with E-state index in [9.17, 15) is 4.79 Å². The fraction of sp³-hybridized carbons (Fsp3) is 0.353. The number of benzene rings is 1. The lowest BCUT2D eigenvalue weighted by Gasteiger charge is -2.31. The third kappa shape index (κ3) is 5.43. The molecule has 1 aromatic carbocycles. The van der Waals surface area contributed by atoms with E-state index >= 15 is 0 Å². The van der Waals surface area contributed by atoms with Crippen molar-refractivity contribution < 1.29 is 9.53 Å². The molecule has 23 heavy (non-hydrogen) atoms. The normalized spacial score (nSPS) is 16.4. The van der Waals surface area contributed by atoms with Crippen LogP contribution in [0.15, 0.2) is 36.9 Å². The van der Waals surface area contributed by atoms with Gasteiger partial charge in [0.25, 0.3) is 5.91 Å². The molecule has 0 spiro atoms. The lowest BCUT2D eigenvalue weighted by molar-refractivity contribution is -0.121. The van der Waals surface area contributed by atoms with E-state index in [-0.39, 0.29) is 5.91 Å². The average Bonchev–Trinajstić information content (AvgIpc) is 2.54. The summed E-state index contributed by atoms with van der Waals surface area (Å²) in [5.41, 5.74) is 10.2. The van der Waals surface area contributed by atoms with E-state index in [4.69, 9.17) is 10.5 Å². The van der Waals surface area contributed by atoms with Gasteiger partial charge in [-0.25, -0.2) is 5.01 Å². The molecule has 1 aliphatic heterocycles. The van der Waals surface area contributed by atoms with Crippen LogP contribution in [0.2, 0.25) is 0 Å². The largest absolute Gasteiger partial charge is 0.487 e. The first-order chi connectivity index (χ1) is 11.1. The predicted octanol–water partition coefficient (Wildman–Crippen LogP) is 1.13. The van der Waals surface area contributed by atoms with Crippen molar-refractivity contribution in [2.45, 2.75) is 0 Å². The van der Waals surface area contributed by atoms with Gasteiger partial charge >= 0.3 is 0 Å². The number of likely N-dealkylation sites (N-methyl/N-ethyl adjacent to an activating group) is 1. The van der Waals surface area contributed by atoms with E-state index in [0.29, 0.717) is 18.0 Å². The summed E-state index contributed by atoms with van der Waals surface area (Å²) in [6.07, 6.45) is 4.91. The van der Waals surface area contributed by atoms with Crippen LogP contribution in [0, 0.1) is 0 Å². The van der Waals surface area contributed by atoms with E-state index in [0.717, 1.165) is 31.7 Å². The van der Waals surface area contributed by atoms with E-state index < -0.39 is 0 Å². The van der Waals surface area contributed by atoms with E-state index in [2.05, 4.69) is 24.0 Å². The summed E-state index contributed by atoms with van der Waals surface area (Å²) in [4.78, 5) is 14.2. The first-order valence-corrected chi connectivity index (χ1v) is 7.64. The SMILES string of the molecule is C=CCOc1ccc(/C=C\C(=O)NN2CCN(C)CC2)cc1N. The number of nitrogen functional groups attached to an aromatic ring is 1. The molecule has 0 atom stereocenters. The van der Waals surface area contributed by atoms with Gasteiger partial charge in [-0.15, -0.1) is 0 Å². The second-order valence-corrected chi connectivity index (χ2v) is 5.50. The molecule has 0 bridgehead atoms. The Morgan fingerprint density at radius 3 is 2.78 bits per heavy atom. The zero-order valence-corrected chi connectivity index (χ0v) is 13.5.